The van der Waals surface area contributed by atoms with Gasteiger partial charge in [0.1, 0.15) is 0 Å². The van der Waals surface area contributed by atoms with Gasteiger partial charge in [0.05, 0.1) is 22.9 Å². The maximum absolute atomic E-state index is 5.54. The molecule has 27 heavy (non-hydrogen) atoms. The molecule has 0 bridgehead atoms. The summed E-state index contributed by atoms with van der Waals surface area (Å²) in [6, 6.07) is 4.02. The third-order valence-electron chi connectivity index (χ3n) is 5.09. The Labute approximate surface area is 154 Å². The van der Waals surface area contributed by atoms with Crippen LogP contribution in [0, 0.1) is 0 Å². The van der Waals surface area contributed by atoms with E-state index in [1.807, 2.05) is 12.3 Å². The zero-order chi connectivity index (χ0) is 18.3. The van der Waals surface area contributed by atoms with Crippen molar-refractivity contribution in [2.24, 2.45) is 0 Å². The minimum Gasteiger partial charge on any atom is -0.368 e. The molecule has 0 atom stereocenters. The molecule has 3 N–H and O–H groups in total. The van der Waals surface area contributed by atoms with E-state index in [0.29, 0.717) is 11.7 Å². The lowest BCUT2D eigenvalue weighted by Gasteiger charge is -2.39. The molecule has 0 radical (unpaired) electrons. The molecule has 1 aliphatic carbocycles. The molecule has 0 saturated heterocycles. The summed E-state index contributed by atoms with van der Waals surface area (Å²) in [7, 11) is 0. The number of rotatable bonds is 4. The van der Waals surface area contributed by atoms with Crippen molar-refractivity contribution in [3.8, 4) is 22.7 Å². The van der Waals surface area contributed by atoms with Gasteiger partial charge in [0.25, 0.3) is 5.89 Å². The zero-order valence-corrected chi connectivity index (χ0v) is 14.3. The van der Waals surface area contributed by atoms with Gasteiger partial charge >= 0.3 is 0 Å². The van der Waals surface area contributed by atoms with E-state index in [9.17, 15) is 0 Å². The Balaban J connectivity index is 1.47. The molecular formula is C18H16N8O. The number of nitrogen functional groups attached to an aromatic ring is 1. The highest BCUT2D eigenvalue weighted by Gasteiger charge is 2.44. The van der Waals surface area contributed by atoms with Crippen LogP contribution in [0.3, 0.4) is 0 Å². The molecule has 4 aromatic heterocycles. The molecule has 4 heterocycles. The predicted molar refractivity (Wildman–Crippen MR) is 96.2 cm³/mol. The number of H-pyrrole nitrogens is 1. The van der Waals surface area contributed by atoms with Crippen molar-refractivity contribution >= 4 is 5.95 Å². The molecule has 0 aromatic carbocycles. The molecule has 0 amide bonds. The van der Waals surface area contributed by atoms with Crippen LogP contribution in [0.4, 0.5) is 5.95 Å². The summed E-state index contributed by atoms with van der Waals surface area (Å²) in [6.07, 6.45) is 11.6. The normalized spacial score (nSPS) is 15.4. The fourth-order valence-corrected chi connectivity index (χ4v) is 3.39. The molecular weight excluding hydrogens is 344 g/mol. The van der Waals surface area contributed by atoms with Gasteiger partial charge in [-0.3, -0.25) is 10.1 Å². The fraction of sp³-hybridized carbons (Fsp3) is 0.222. The summed E-state index contributed by atoms with van der Waals surface area (Å²) < 4.78 is 5.45. The van der Waals surface area contributed by atoms with Gasteiger partial charge in [-0.2, -0.15) is 10.1 Å². The lowest BCUT2D eigenvalue weighted by Crippen LogP contribution is -2.36. The number of nitrogens with two attached hydrogens (primary N) is 1. The molecule has 1 saturated carbocycles. The van der Waals surface area contributed by atoms with E-state index in [1.165, 1.54) is 0 Å². The van der Waals surface area contributed by atoms with Crippen LogP contribution in [0.15, 0.2) is 47.6 Å². The third kappa shape index (κ3) is 2.55. The zero-order valence-electron chi connectivity index (χ0n) is 14.3. The quantitative estimate of drug-likeness (QED) is 0.567. The summed E-state index contributed by atoms with van der Waals surface area (Å²) in [6.45, 7) is 0. The van der Waals surface area contributed by atoms with E-state index in [1.54, 1.807) is 24.8 Å². The van der Waals surface area contributed by atoms with Crippen molar-refractivity contribution in [1.29, 1.82) is 0 Å². The van der Waals surface area contributed by atoms with Crippen molar-refractivity contribution in [3.63, 3.8) is 0 Å². The van der Waals surface area contributed by atoms with Crippen LogP contribution in [0.1, 0.15) is 30.7 Å². The van der Waals surface area contributed by atoms with Crippen LogP contribution in [-0.2, 0) is 5.41 Å². The molecule has 0 spiro atoms. The minimum absolute atomic E-state index is 0.245. The largest absolute Gasteiger partial charge is 0.368 e. The topological polar surface area (TPSA) is 132 Å². The van der Waals surface area contributed by atoms with E-state index >= 15 is 0 Å². The second kappa shape index (κ2) is 5.97. The highest BCUT2D eigenvalue weighted by atomic mass is 16.5. The van der Waals surface area contributed by atoms with Gasteiger partial charge in [-0.1, -0.05) is 17.6 Å². The van der Waals surface area contributed by atoms with E-state index in [0.717, 1.165) is 41.6 Å². The van der Waals surface area contributed by atoms with E-state index in [4.69, 9.17) is 10.3 Å². The summed E-state index contributed by atoms with van der Waals surface area (Å²) in [5, 5.41) is 10.9. The second-order valence-corrected chi connectivity index (χ2v) is 6.61. The summed E-state index contributed by atoms with van der Waals surface area (Å²) in [5.74, 6) is 1.40. The maximum atomic E-state index is 5.54. The Morgan fingerprint density at radius 1 is 1.00 bits per heavy atom. The minimum atomic E-state index is -0.255. The molecule has 4 aromatic rings. The van der Waals surface area contributed by atoms with E-state index in [2.05, 4.69) is 41.4 Å². The summed E-state index contributed by atoms with van der Waals surface area (Å²) >= 11 is 0. The third-order valence-corrected chi connectivity index (χ3v) is 5.09. The van der Waals surface area contributed by atoms with Gasteiger partial charge in [-0.05, 0) is 24.5 Å². The van der Waals surface area contributed by atoms with Crippen LogP contribution in [0.2, 0.25) is 0 Å². The molecule has 1 fully saturated rings. The van der Waals surface area contributed by atoms with Crippen molar-refractivity contribution in [1.82, 2.24) is 35.3 Å². The van der Waals surface area contributed by atoms with Gasteiger partial charge < -0.3 is 10.3 Å². The molecule has 5 rings (SSSR count). The Bertz CT molecular complexity index is 1050. The lowest BCUT2D eigenvalue weighted by atomic mass is 9.64. The molecule has 0 aliphatic heterocycles. The number of anilines is 1. The standard InChI is InChI=1S/C18H16N8O/c19-17-21-6-11(7-22-17)14-3-2-13(10-20-14)18(4-1-5-18)16-25-15(27-26-16)12-8-23-24-9-12/h2-3,6-10H,1,4-5H2,(H,23,24)(H2,19,21,22). The van der Waals surface area contributed by atoms with Gasteiger partial charge in [0.15, 0.2) is 5.82 Å². The van der Waals surface area contributed by atoms with Crippen molar-refractivity contribution in [2.45, 2.75) is 24.7 Å². The number of nitrogens with one attached hydrogen (secondary N) is 1. The summed E-state index contributed by atoms with van der Waals surface area (Å²) in [4.78, 5) is 17.2. The van der Waals surface area contributed by atoms with E-state index in [-0.39, 0.29) is 11.4 Å². The first kappa shape index (κ1) is 15.6. The van der Waals surface area contributed by atoms with E-state index < -0.39 is 0 Å². The molecule has 1 aliphatic rings. The number of hydrogen-bond donors (Lipinski definition) is 2. The van der Waals surface area contributed by atoms with Gasteiger partial charge in [0, 0.05) is 30.4 Å². The number of hydrogen-bond acceptors (Lipinski definition) is 8. The Hall–Kier alpha value is -3.62. The van der Waals surface area contributed by atoms with Crippen LogP contribution in [0.25, 0.3) is 22.7 Å². The smallest absolute Gasteiger partial charge is 0.261 e. The van der Waals surface area contributed by atoms with Crippen molar-refractivity contribution in [2.75, 3.05) is 5.73 Å². The average molecular weight is 360 g/mol. The maximum Gasteiger partial charge on any atom is 0.261 e. The Kier molecular flexibility index (Phi) is 3.46. The Morgan fingerprint density at radius 2 is 1.85 bits per heavy atom. The Morgan fingerprint density at radius 3 is 2.48 bits per heavy atom. The second-order valence-electron chi connectivity index (χ2n) is 6.61. The fourth-order valence-electron chi connectivity index (χ4n) is 3.39. The van der Waals surface area contributed by atoms with Crippen LogP contribution >= 0.6 is 0 Å². The van der Waals surface area contributed by atoms with Crippen LogP contribution in [0.5, 0.6) is 0 Å². The van der Waals surface area contributed by atoms with Crippen molar-refractivity contribution in [3.05, 3.63) is 54.5 Å². The SMILES string of the molecule is Nc1ncc(-c2ccc(C3(c4noc(-c5cn[nH]c5)n4)CCC3)cn2)cn1. The molecule has 134 valence electrons. The number of nitrogens with zero attached hydrogens (tertiary/aromatic N) is 6. The highest BCUT2D eigenvalue weighted by Crippen LogP contribution is 2.48. The van der Waals surface area contributed by atoms with Crippen LogP contribution < -0.4 is 5.73 Å². The number of aromatic nitrogens is 7. The monoisotopic (exact) mass is 360 g/mol. The predicted octanol–water partition coefficient (Wildman–Crippen LogP) is 2.36. The van der Waals surface area contributed by atoms with Gasteiger partial charge in [-0.25, -0.2) is 9.97 Å². The molecule has 9 nitrogen and oxygen atoms in total. The lowest BCUT2D eigenvalue weighted by molar-refractivity contribution is 0.272. The summed E-state index contributed by atoms with van der Waals surface area (Å²) in [5.41, 5.74) is 8.75. The van der Waals surface area contributed by atoms with Gasteiger partial charge in [0.2, 0.25) is 5.95 Å². The average Bonchev–Trinajstić information content (AvgIpc) is 3.34. The molecule has 9 heteroatoms. The van der Waals surface area contributed by atoms with Gasteiger partial charge in [-0.15, -0.1) is 0 Å². The molecule has 0 unspecified atom stereocenters. The number of aromatic amines is 1. The van der Waals surface area contributed by atoms with Crippen LogP contribution in [-0.4, -0.2) is 35.3 Å². The first-order valence-corrected chi connectivity index (χ1v) is 8.62. The first-order valence-electron chi connectivity index (χ1n) is 8.62. The highest BCUT2D eigenvalue weighted by molar-refractivity contribution is 5.58. The first-order chi connectivity index (χ1) is 13.2. The van der Waals surface area contributed by atoms with Crippen molar-refractivity contribution < 1.29 is 4.52 Å². The number of pyridine rings is 1.